The van der Waals surface area contributed by atoms with Crippen molar-refractivity contribution in [3.8, 4) is 5.75 Å². The van der Waals surface area contributed by atoms with Gasteiger partial charge in [-0.1, -0.05) is 29.8 Å². The molecule has 0 bridgehead atoms. The number of phenolic OH excluding ortho intramolecular Hbond substituents is 1. The Kier molecular flexibility index (Phi) is 4.44. The van der Waals surface area contributed by atoms with Gasteiger partial charge < -0.3 is 10.4 Å². The monoisotopic (exact) mass is 325 g/mol. The number of aryl methyl sites for hydroxylation is 1. The van der Waals surface area contributed by atoms with Crippen LogP contribution in [0.25, 0.3) is 0 Å². The van der Waals surface area contributed by atoms with Crippen LogP contribution in [0, 0.1) is 6.92 Å². The topological polar surface area (TPSA) is 66.4 Å². The number of benzene rings is 2. The van der Waals surface area contributed by atoms with Crippen molar-refractivity contribution in [2.24, 2.45) is 0 Å². The first-order valence-corrected chi connectivity index (χ1v) is 8.57. The molecule has 0 fully saturated rings. The minimum atomic E-state index is -3.25. The first-order valence-electron chi connectivity index (χ1n) is 6.30. The van der Waals surface area contributed by atoms with E-state index < -0.39 is 9.84 Å². The van der Waals surface area contributed by atoms with Crippen molar-refractivity contribution in [3.63, 3.8) is 0 Å². The summed E-state index contributed by atoms with van der Waals surface area (Å²) in [6.45, 7) is 2.23. The van der Waals surface area contributed by atoms with E-state index in [1.165, 1.54) is 6.26 Å². The largest absolute Gasteiger partial charge is 0.506 e. The number of para-hydroxylation sites is 1. The fraction of sp³-hybridized carbons (Fsp3) is 0.200. The number of nitrogens with one attached hydrogen (secondary N) is 1. The van der Waals surface area contributed by atoms with Crippen molar-refractivity contribution in [1.29, 1.82) is 0 Å². The first kappa shape index (κ1) is 15.7. The van der Waals surface area contributed by atoms with Crippen LogP contribution >= 0.6 is 11.6 Å². The summed E-state index contributed by atoms with van der Waals surface area (Å²) in [4.78, 5) is 0.255. The summed E-state index contributed by atoms with van der Waals surface area (Å²) in [5.41, 5.74) is 2.27. The van der Waals surface area contributed by atoms with E-state index in [1.807, 2.05) is 6.92 Å². The second-order valence-electron chi connectivity index (χ2n) is 4.85. The van der Waals surface area contributed by atoms with E-state index in [4.69, 9.17) is 11.6 Å². The molecule has 4 nitrogen and oxygen atoms in total. The highest BCUT2D eigenvalue weighted by atomic mass is 35.5. The minimum absolute atomic E-state index is 0.0311. The molecule has 0 aliphatic carbocycles. The van der Waals surface area contributed by atoms with E-state index in [1.54, 1.807) is 36.4 Å². The lowest BCUT2D eigenvalue weighted by molar-refractivity contribution is 0.469. The summed E-state index contributed by atoms with van der Waals surface area (Å²) in [6, 6.07) is 10.0. The summed E-state index contributed by atoms with van der Waals surface area (Å²) < 4.78 is 23.2. The van der Waals surface area contributed by atoms with E-state index in [0.29, 0.717) is 17.8 Å². The normalized spacial score (nSPS) is 11.4. The van der Waals surface area contributed by atoms with Gasteiger partial charge >= 0.3 is 0 Å². The second-order valence-corrected chi connectivity index (χ2v) is 7.27. The first-order chi connectivity index (χ1) is 9.79. The number of sulfone groups is 1. The molecule has 0 spiro atoms. The molecule has 2 aromatic rings. The van der Waals surface area contributed by atoms with E-state index >= 15 is 0 Å². The number of rotatable bonds is 4. The van der Waals surface area contributed by atoms with Crippen LogP contribution in [-0.2, 0) is 16.4 Å². The molecule has 0 amide bonds. The van der Waals surface area contributed by atoms with Gasteiger partial charge in [0.25, 0.3) is 0 Å². The Labute approximate surface area is 129 Å². The molecular weight excluding hydrogens is 310 g/mol. The molecule has 0 saturated heterocycles. The van der Waals surface area contributed by atoms with E-state index in [2.05, 4.69) is 5.32 Å². The number of halogens is 1. The zero-order valence-electron chi connectivity index (χ0n) is 11.7. The molecule has 21 heavy (non-hydrogen) atoms. The molecule has 2 rings (SSSR count). The minimum Gasteiger partial charge on any atom is -0.506 e. The molecule has 0 saturated carbocycles. The lowest BCUT2D eigenvalue weighted by Crippen LogP contribution is -2.04. The number of phenols is 1. The second kappa shape index (κ2) is 5.95. The lowest BCUT2D eigenvalue weighted by Gasteiger charge is -2.12. The third kappa shape index (κ3) is 3.68. The zero-order chi connectivity index (χ0) is 15.6. The summed E-state index contributed by atoms with van der Waals surface area (Å²) in [5, 5.41) is 13.3. The Bertz CT molecular complexity index is 772. The maximum absolute atomic E-state index is 11.6. The Hall–Kier alpha value is -1.72. The van der Waals surface area contributed by atoms with Gasteiger partial charge in [-0.2, -0.15) is 0 Å². The highest BCUT2D eigenvalue weighted by Gasteiger charge is 2.10. The Morgan fingerprint density at radius 2 is 1.95 bits per heavy atom. The van der Waals surface area contributed by atoms with E-state index in [-0.39, 0.29) is 15.7 Å². The van der Waals surface area contributed by atoms with E-state index in [9.17, 15) is 13.5 Å². The van der Waals surface area contributed by atoms with Crippen molar-refractivity contribution in [1.82, 2.24) is 0 Å². The summed E-state index contributed by atoms with van der Waals surface area (Å²) in [6.07, 6.45) is 1.17. The molecular formula is C15H16ClNO3S. The fourth-order valence-corrected chi connectivity index (χ4v) is 2.76. The molecule has 2 N–H and O–H groups in total. The van der Waals surface area contributed by atoms with Crippen LogP contribution in [0.5, 0.6) is 5.75 Å². The average molecular weight is 326 g/mol. The number of hydrogen-bond donors (Lipinski definition) is 2. The van der Waals surface area contributed by atoms with Crippen LogP contribution in [0.4, 0.5) is 5.69 Å². The van der Waals surface area contributed by atoms with Crippen LogP contribution in [0.1, 0.15) is 11.1 Å². The molecule has 0 heterocycles. The smallest absolute Gasteiger partial charge is 0.175 e. The highest BCUT2D eigenvalue weighted by Crippen LogP contribution is 2.28. The van der Waals surface area contributed by atoms with Gasteiger partial charge in [0, 0.05) is 24.1 Å². The Morgan fingerprint density at radius 3 is 2.62 bits per heavy atom. The van der Waals surface area contributed by atoms with Gasteiger partial charge in [0.1, 0.15) is 5.75 Å². The molecule has 112 valence electrons. The van der Waals surface area contributed by atoms with Crippen molar-refractivity contribution >= 4 is 27.1 Å². The predicted molar refractivity (Wildman–Crippen MR) is 84.7 cm³/mol. The Morgan fingerprint density at radius 1 is 1.24 bits per heavy atom. The maximum Gasteiger partial charge on any atom is 0.175 e. The quantitative estimate of drug-likeness (QED) is 0.904. The van der Waals surface area contributed by atoms with Gasteiger partial charge in [0.15, 0.2) is 9.84 Å². The van der Waals surface area contributed by atoms with Crippen LogP contribution in [-0.4, -0.2) is 19.8 Å². The fourth-order valence-electron chi connectivity index (χ4n) is 1.92. The van der Waals surface area contributed by atoms with Crippen molar-refractivity contribution < 1.29 is 13.5 Å². The van der Waals surface area contributed by atoms with Crippen molar-refractivity contribution in [2.75, 3.05) is 11.6 Å². The average Bonchev–Trinajstić information content (AvgIpc) is 2.40. The van der Waals surface area contributed by atoms with Gasteiger partial charge in [-0.15, -0.1) is 0 Å². The summed E-state index contributed by atoms with van der Waals surface area (Å²) >= 11 is 5.85. The molecule has 0 atom stereocenters. The lowest BCUT2D eigenvalue weighted by atomic mass is 10.1. The van der Waals surface area contributed by atoms with Gasteiger partial charge in [-0.05, 0) is 30.7 Å². The molecule has 0 radical (unpaired) electrons. The molecule has 2 aromatic carbocycles. The van der Waals surface area contributed by atoms with Crippen molar-refractivity contribution in [3.05, 3.63) is 52.5 Å². The molecule has 0 aliphatic rings. The number of aromatic hydroxyl groups is 1. The number of anilines is 1. The van der Waals surface area contributed by atoms with Crippen LogP contribution in [0.15, 0.2) is 41.3 Å². The van der Waals surface area contributed by atoms with Crippen LogP contribution < -0.4 is 5.32 Å². The highest BCUT2D eigenvalue weighted by molar-refractivity contribution is 7.90. The molecule has 0 aromatic heterocycles. The standard InChI is InChI=1S/C15H16ClNO3S/c1-10-6-7-12(21(2,19)20)8-14(10)17-9-11-4-3-5-13(16)15(11)18/h3-8,17-18H,9H2,1-2H3. The van der Waals surface area contributed by atoms with Gasteiger partial charge in [0.2, 0.25) is 0 Å². The third-order valence-corrected chi connectivity index (χ3v) is 4.59. The maximum atomic E-state index is 11.6. The Balaban J connectivity index is 2.26. The number of hydrogen-bond acceptors (Lipinski definition) is 4. The summed E-state index contributed by atoms with van der Waals surface area (Å²) in [7, 11) is -3.25. The third-order valence-electron chi connectivity index (χ3n) is 3.18. The molecule has 0 aliphatic heterocycles. The SMILES string of the molecule is Cc1ccc(S(C)(=O)=O)cc1NCc1cccc(Cl)c1O. The van der Waals surface area contributed by atoms with Crippen LogP contribution in [0.3, 0.4) is 0 Å². The van der Waals surface area contributed by atoms with Crippen LogP contribution in [0.2, 0.25) is 5.02 Å². The van der Waals surface area contributed by atoms with E-state index in [0.717, 1.165) is 5.56 Å². The zero-order valence-corrected chi connectivity index (χ0v) is 13.3. The van der Waals surface area contributed by atoms with Crippen molar-refractivity contribution in [2.45, 2.75) is 18.4 Å². The molecule has 6 heteroatoms. The predicted octanol–water partition coefficient (Wildman–Crippen LogP) is 3.37. The van der Waals surface area contributed by atoms with Gasteiger partial charge in [-0.3, -0.25) is 0 Å². The summed E-state index contributed by atoms with van der Waals surface area (Å²) in [5.74, 6) is 0.0311. The van der Waals surface area contributed by atoms with Gasteiger partial charge in [-0.25, -0.2) is 8.42 Å². The molecule has 0 unspecified atom stereocenters. The van der Waals surface area contributed by atoms with Gasteiger partial charge in [0.05, 0.1) is 9.92 Å².